The Morgan fingerprint density at radius 1 is 1.44 bits per heavy atom. The third kappa shape index (κ3) is 2.65. The molecule has 0 aliphatic heterocycles. The van der Waals surface area contributed by atoms with Crippen LogP contribution in [0.1, 0.15) is 23.4 Å². The van der Waals surface area contributed by atoms with Gasteiger partial charge in [-0.3, -0.25) is 4.98 Å². The minimum absolute atomic E-state index is 0.161. The largest absolute Gasteiger partial charge is 0.305 e. The first kappa shape index (κ1) is 11.2. The summed E-state index contributed by atoms with van der Waals surface area (Å²) < 4.78 is 13.3. The molecule has 16 heavy (non-hydrogen) atoms. The summed E-state index contributed by atoms with van der Waals surface area (Å²) in [6.07, 6.45) is 1.84. The molecule has 0 bridgehead atoms. The van der Waals surface area contributed by atoms with Gasteiger partial charge in [-0.05, 0) is 13.0 Å². The predicted molar refractivity (Wildman–Crippen MR) is 63.8 cm³/mol. The Balaban J connectivity index is 1.95. The van der Waals surface area contributed by atoms with Crippen molar-refractivity contribution in [1.29, 1.82) is 0 Å². The Morgan fingerprint density at radius 2 is 2.25 bits per heavy atom. The molecule has 1 heterocycles. The number of halogens is 1. The van der Waals surface area contributed by atoms with Crippen LogP contribution >= 0.6 is 11.3 Å². The second kappa shape index (κ2) is 5.18. The number of aromatic nitrogens is 1. The minimum Gasteiger partial charge on any atom is -0.305 e. The number of hydrogen-bond acceptors (Lipinski definition) is 3. The molecule has 1 unspecified atom stereocenters. The molecule has 0 saturated heterocycles. The quantitative estimate of drug-likeness (QED) is 0.882. The van der Waals surface area contributed by atoms with Crippen LogP contribution in [-0.4, -0.2) is 4.98 Å². The van der Waals surface area contributed by atoms with Crippen molar-refractivity contribution in [1.82, 2.24) is 10.3 Å². The highest BCUT2D eigenvalue weighted by Crippen LogP contribution is 2.17. The zero-order valence-corrected chi connectivity index (χ0v) is 9.80. The summed E-state index contributed by atoms with van der Waals surface area (Å²) in [6.45, 7) is 2.58. The molecule has 4 heteroatoms. The zero-order valence-electron chi connectivity index (χ0n) is 8.98. The van der Waals surface area contributed by atoms with Crippen LogP contribution in [0.25, 0.3) is 0 Å². The number of thiazole rings is 1. The maximum Gasteiger partial charge on any atom is 0.127 e. The van der Waals surface area contributed by atoms with E-state index < -0.39 is 0 Å². The summed E-state index contributed by atoms with van der Waals surface area (Å²) in [5.41, 5.74) is 2.50. The highest BCUT2D eigenvalue weighted by Gasteiger charge is 2.07. The van der Waals surface area contributed by atoms with E-state index in [-0.39, 0.29) is 11.9 Å². The maximum absolute atomic E-state index is 13.3. The number of benzene rings is 1. The first-order chi connectivity index (χ1) is 7.77. The number of nitrogens with one attached hydrogen (secondary N) is 1. The normalized spacial score (nSPS) is 12.6. The van der Waals surface area contributed by atoms with Crippen LogP contribution < -0.4 is 5.32 Å². The summed E-state index contributed by atoms with van der Waals surface area (Å²) in [5.74, 6) is -0.161. The van der Waals surface area contributed by atoms with Crippen molar-refractivity contribution in [3.8, 4) is 0 Å². The summed E-state index contributed by atoms with van der Waals surface area (Å²) in [6, 6.07) is 7.02. The van der Waals surface area contributed by atoms with E-state index in [1.807, 2.05) is 19.2 Å². The second-order valence-electron chi connectivity index (χ2n) is 3.60. The summed E-state index contributed by atoms with van der Waals surface area (Å²) in [5, 5.41) is 3.27. The number of nitrogens with zero attached hydrogens (tertiary/aromatic N) is 1. The van der Waals surface area contributed by atoms with Gasteiger partial charge in [-0.25, -0.2) is 4.39 Å². The van der Waals surface area contributed by atoms with E-state index in [0.717, 1.165) is 4.88 Å². The molecule has 2 nitrogen and oxygen atoms in total. The van der Waals surface area contributed by atoms with Crippen molar-refractivity contribution in [3.63, 3.8) is 0 Å². The van der Waals surface area contributed by atoms with Crippen molar-refractivity contribution < 1.29 is 4.39 Å². The first-order valence-electron chi connectivity index (χ1n) is 5.12. The van der Waals surface area contributed by atoms with Gasteiger partial charge in [0.2, 0.25) is 0 Å². The van der Waals surface area contributed by atoms with E-state index in [2.05, 4.69) is 10.3 Å². The van der Waals surface area contributed by atoms with Gasteiger partial charge in [0, 0.05) is 29.2 Å². The van der Waals surface area contributed by atoms with E-state index >= 15 is 0 Å². The molecule has 1 N–H and O–H groups in total. The van der Waals surface area contributed by atoms with Crippen LogP contribution in [0, 0.1) is 5.82 Å². The molecule has 0 saturated carbocycles. The fourth-order valence-corrected chi connectivity index (χ4v) is 2.10. The van der Waals surface area contributed by atoms with Crippen LogP contribution in [0.15, 0.2) is 36.0 Å². The monoisotopic (exact) mass is 236 g/mol. The smallest absolute Gasteiger partial charge is 0.127 e. The van der Waals surface area contributed by atoms with Gasteiger partial charge in [-0.1, -0.05) is 18.2 Å². The molecule has 0 aliphatic rings. The molecule has 84 valence electrons. The highest BCUT2D eigenvalue weighted by molar-refractivity contribution is 7.09. The van der Waals surface area contributed by atoms with Crippen molar-refractivity contribution in [2.24, 2.45) is 0 Å². The Hall–Kier alpha value is -1.26. The lowest BCUT2D eigenvalue weighted by atomic mass is 10.2. The van der Waals surface area contributed by atoms with Crippen LogP contribution in [-0.2, 0) is 6.54 Å². The lowest BCUT2D eigenvalue weighted by molar-refractivity contribution is 0.548. The van der Waals surface area contributed by atoms with E-state index in [9.17, 15) is 4.39 Å². The highest BCUT2D eigenvalue weighted by atomic mass is 32.1. The van der Waals surface area contributed by atoms with Gasteiger partial charge in [0.15, 0.2) is 0 Å². The van der Waals surface area contributed by atoms with E-state index in [1.165, 1.54) is 6.07 Å². The van der Waals surface area contributed by atoms with Gasteiger partial charge in [-0.15, -0.1) is 11.3 Å². The molecular formula is C12H13FN2S. The van der Waals surface area contributed by atoms with E-state index in [4.69, 9.17) is 0 Å². The van der Waals surface area contributed by atoms with Crippen LogP contribution in [0.4, 0.5) is 4.39 Å². The molecule has 0 spiro atoms. The van der Waals surface area contributed by atoms with Gasteiger partial charge < -0.3 is 5.32 Å². The predicted octanol–water partition coefficient (Wildman–Crippen LogP) is 3.13. The van der Waals surface area contributed by atoms with Gasteiger partial charge in [0.1, 0.15) is 5.82 Å². The molecule has 2 rings (SSSR count). The van der Waals surface area contributed by atoms with Crippen molar-refractivity contribution in [2.75, 3.05) is 0 Å². The third-order valence-electron chi connectivity index (χ3n) is 2.43. The summed E-state index contributed by atoms with van der Waals surface area (Å²) in [7, 11) is 0. The van der Waals surface area contributed by atoms with Gasteiger partial charge >= 0.3 is 0 Å². The molecule has 1 aromatic carbocycles. The Bertz CT molecular complexity index is 442. The molecule has 0 radical (unpaired) electrons. The summed E-state index contributed by atoms with van der Waals surface area (Å²) >= 11 is 1.60. The van der Waals surface area contributed by atoms with Crippen LogP contribution in [0.3, 0.4) is 0 Å². The second-order valence-corrected chi connectivity index (χ2v) is 4.52. The van der Waals surface area contributed by atoms with Crippen molar-refractivity contribution in [2.45, 2.75) is 19.5 Å². The minimum atomic E-state index is -0.161. The third-order valence-corrected chi connectivity index (χ3v) is 3.39. The molecule has 0 aliphatic carbocycles. The number of rotatable bonds is 4. The molecular weight excluding hydrogens is 223 g/mol. The van der Waals surface area contributed by atoms with E-state index in [0.29, 0.717) is 12.1 Å². The Morgan fingerprint density at radius 3 is 2.94 bits per heavy atom. The van der Waals surface area contributed by atoms with Gasteiger partial charge in [-0.2, -0.15) is 0 Å². The lowest BCUT2D eigenvalue weighted by Gasteiger charge is -2.11. The van der Waals surface area contributed by atoms with Crippen molar-refractivity contribution in [3.05, 3.63) is 52.2 Å². The Kier molecular flexibility index (Phi) is 3.64. The van der Waals surface area contributed by atoms with Crippen molar-refractivity contribution >= 4 is 11.3 Å². The standard InChI is InChI=1S/C12H13FN2S/c1-9(12-7-14-8-16-12)15-6-10-4-2-3-5-11(10)13/h2-5,7-9,15H,6H2,1H3. The van der Waals surface area contributed by atoms with E-state index in [1.54, 1.807) is 29.0 Å². The zero-order chi connectivity index (χ0) is 11.4. The lowest BCUT2D eigenvalue weighted by Crippen LogP contribution is -2.17. The average Bonchev–Trinajstić information content (AvgIpc) is 2.81. The maximum atomic E-state index is 13.3. The van der Waals surface area contributed by atoms with Gasteiger partial charge in [0.25, 0.3) is 0 Å². The Labute approximate surface area is 98.2 Å². The number of hydrogen-bond donors (Lipinski definition) is 1. The topological polar surface area (TPSA) is 24.9 Å². The molecule has 0 fully saturated rings. The fourth-order valence-electron chi connectivity index (χ4n) is 1.44. The molecule has 2 aromatic rings. The molecule has 1 aromatic heterocycles. The average molecular weight is 236 g/mol. The van der Waals surface area contributed by atoms with Crippen LogP contribution in [0.2, 0.25) is 0 Å². The molecule has 1 atom stereocenters. The first-order valence-corrected chi connectivity index (χ1v) is 6.00. The SMILES string of the molecule is CC(NCc1ccccc1F)c1cncs1. The summed E-state index contributed by atoms with van der Waals surface area (Å²) in [4.78, 5) is 5.18. The molecule has 0 amide bonds. The fraction of sp³-hybridized carbons (Fsp3) is 0.250. The van der Waals surface area contributed by atoms with Crippen LogP contribution in [0.5, 0.6) is 0 Å². The van der Waals surface area contributed by atoms with Gasteiger partial charge in [0.05, 0.1) is 5.51 Å².